The zero-order chi connectivity index (χ0) is 12.1. The van der Waals surface area contributed by atoms with E-state index in [4.69, 9.17) is 20.3 Å². The van der Waals surface area contributed by atoms with Crippen LogP contribution in [0.3, 0.4) is 0 Å². The van der Waals surface area contributed by atoms with Gasteiger partial charge in [0.25, 0.3) is 0 Å². The van der Waals surface area contributed by atoms with Gasteiger partial charge in [0, 0.05) is 0 Å². The van der Waals surface area contributed by atoms with Crippen molar-refractivity contribution in [2.75, 3.05) is 20.8 Å². The summed E-state index contributed by atoms with van der Waals surface area (Å²) in [5.74, 6) is 1.10. The molecule has 0 bridgehead atoms. The summed E-state index contributed by atoms with van der Waals surface area (Å²) in [7, 11) is 3.05. The van der Waals surface area contributed by atoms with E-state index in [0.717, 1.165) is 0 Å². The van der Waals surface area contributed by atoms with Gasteiger partial charge in [-0.2, -0.15) is 0 Å². The maximum atomic E-state index is 9.79. The quantitative estimate of drug-likeness (QED) is 0.662. The minimum atomic E-state index is -0.926. The summed E-state index contributed by atoms with van der Waals surface area (Å²) in [5.41, 5.74) is 6.12. The lowest BCUT2D eigenvalue weighted by atomic mass is 10.0. The molecule has 2 atom stereocenters. The van der Waals surface area contributed by atoms with Gasteiger partial charge in [-0.3, -0.25) is 0 Å². The summed E-state index contributed by atoms with van der Waals surface area (Å²) < 4.78 is 10.2. The van der Waals surface area contributed by atoms with Crippen molar-refractivity contribution in [3.8, 4) is 11.5 Å². The van der Waals surface area contributed by atoms with Crippen molar-refractivity contribution in [2.24, 2.45) is 5.73 Å². The first kappa shape index (κ1) is 12.8. The van der Waals surface area contributed by atoms with Crippen molar-refractivity contribution in [1.29, 1.82) is 0 Å². The Hall–Kier alpha value is -1.30. The van der Waals surface area contributed by atoms with Crippen LogP contribution >= 0.6 is 0 Å². The van der Waals surface area contributed by atoms with Gasteiger partial charge in [-0.05, 0) is 17.7 Å². The second-order valence-corrected chi connectivity index (χ2v) is 3.41. The molecule has 0 heterocycles. The minimum Gasteiger partial charge on any atom is -0.493 e. The molecule has 0 aromatic heterocycles. The van der Waals surface area contributed by atoms with E-state index < -0.39 is 12.1 Å². The van der Waals surface area contributed by atoms with Crippen LogP contribution in [0.4, 0.5) is 0 Å². The molecule has 4 N–H and O–H groups in total. The zero-order valence-corrected chi connectivity index (χ0v) is 9.38. The number of aliphatic hydroxyl groups excluding tert-OH is 2. The highest BCUT2D eigenvalue weighted by atomic mass is 16.5. The Morgan fingerprint density at radius 3 is 2.38 bits per heavy atom. The number of ether oxygens (including phenoxy) is 2. The molecule has 0 spiro atoms. The summed E-state index contributed by atoms with van der Waals surface area (Å²) >= 11 is 0. The number of aliphatic hydroxyl groups is 2. The third-order valence-corrected chi connectivity index (χ3v) is 2.37. The molecule has 1 rings (SSSR count). The van der Waals surface area contributed by atoms with E-state index in [9.17, 15) is 5.11 Å². The van der Waals surface area contributed by atoms with Crippen LogP contribution in [0.25, 0.3) is 0 Å². The zero-order valence-electron chi connectivity index (χ0n) is 9.38. The van der Waals surface area contributed by atoms with Gasteiger partial charge in [0.05, 0.1) is 33.0 Å². The molecular weight excluding hydrogens is 210 g/mol. The number of methoxy groups -OCH3 is 2. The third kappa shape index (κ3) is 2.63. The molecule has 0 amide bonds. The molecule has 0 radical (unpaired) electrons. The summed E-state index contributed by atoms with van der Waals surface area (Å²) in [6.45, 7) is -0.282. The Balaban J connectivity index is 2.98. The molecule has 1 aromatic carbocycles. The van der Waals surface area contributed by atoms with Gasteiger partial charge in [-0.15, -0.1) is 0 Å². The highest BCUT2D eigenvalue weighted by molar-refractivity contribution is 5.43. The largest absolute Gasteiger partial charge is 0.493 e. The lowest BCUT2D eigenvalue weighted by molar-refractivity contribution is 0.109. The first-order valence-electron chi connectivity index (χ1n) is 4.90. The van der Waals surface area contributed by atoms with Gasteiger partial charge in [-0.1, -0.05) is 6.07 Å². The fourth-order valence-corrected chi connectivity index (χ4v) is 1.38. The maximum absolute atomic E-state index is 9.79. The molecule has 0 aliphatic rings. The molecule has 1 aromatic rings. The first-order valence-corrected chi connectivity index (χ1v) is 4.90. The van der Waals surface area contributed by atoms with E-state index in [1.807, 2.05) is 0 Å². The maximum Gasteiger partial charge on any atom is 0.161 e. The number of hydrogen-bond acceptors (Lipinski definition) is 5. The summed E-state index contributed by atoms with van der Waals surface area (Å²) in [6, 6.07) is 4.29. The van der Waals surface area contributed by atoms with Crippen LogP contribution in [0, 0.1) is 0 Å². The molecule has 2 unspecified atom stereocenters. The molecule has 5 nitrogen and oxygen atoms in total. The van der Waals surface area contributed by atoms with E-state index in [-0.39, 0.29) is 6.61 Å². The van der Waals surface area contributed by atoms with Crippen molar-refractivity contribution in [3.63, 3.8) is 0 Å². The van der Waals surface area contributed by atoms with Crippen molar-refractivity contribution >= 4 is 0 Å². The van der Waals surface area contributed by atoms with Gasteiger partial charge in [0.1, 0.15) is 0 Å². The van der Waals surface area contributed by atoms with Crippen LogP contribution < -0.4 is 15.2 Å². The Labute approximate surface area is 94.4 Å². The molecule has 0 aliphatic heterocycles. The average molecular weight is 227 g/mol. The average Bonchev–Trinajstić information content (AvgIpc) is 2.35. The van der Waals surface area contributed by atoms with Crippen LogP contribution in [0.2, 0.25) is 0 Å². The van der Waals surface area contributed by atoms with Gasteiger partial charge >= 0.3 is 0 Å². The molecule has 0 saturated carbocycles. The Kier molecular flexibility index (Phi) is 4.54. The standard InChI is InChI=1S/C11H17NO4/c1-15-9-4-3-7(5-10(9)16-2)11(14)8(12)6-13/h3-5,8,11,13-14H,6,12H2,1-2H3. The topological polar surface area (TPSA) is 84.9 Å². The minimum absolute atomic E-state index is 0.282. The molecule has 16 heavy (non-hydrogen) atoms. The fraction of sp³-hybridized carbons (Fsp3) is 0.455. The van der Waals surface area contributed by atoms with E-state index in [0.29, 0.717) is 17.1 Å². The Morgan fingerprint density at radius 1 is 1.25 bits per heavy atom. The number of hydrogen-bond donors (Lipinski definition) is 3. The van der Waals surface area contributed by atoms with E-state index in [1.165, 1.54) is 14.2 Å². The van der Waals surface area contributed by atoms with Gasteiger partial charge in [0.2, 0.25) is 0 Å². The second-order valence-electron chi connectivity index (χ2n) is 3.41. The van der Waals surface area contributed by atoms with Crippen molar-refractivity contribution in [1.82, 2.24) is 0 Å². The van der Waals surface area contributed by atoms with Crippen molar-refractivity contribution in [3.05, 3.63) is 23.8 Å². The van der Waals surface area contributed by atoms with Crippen LogP contribution in [0.15, 0.2) is 18.2 Å². The predicted octanol–water partition coefficient (Wildman–Crippen LogP) is 0.0568. The van der Waals surface area contributed by atoms with Crippen LogP contribution in [-0.2, 0) is 0 Å². The SMILES string of the molecule is COc1ccc(C(O)C(N)CO)cc1OC. The summed E-state index contributed by atoms with van der Waals surface area (Å²) in [5, 5.41) is 18.6. The normalized spacial score (nSPS) is 14.3. The molecule has 0 aliphatic carbocycles. The van der Waals surface area contributed by atoms with E-state index in [1.54, 1.807) is 18.2 Å². The number of nitrogens with two attached hydrogens (primary N) is 1. The Bertz CT molecular complexity index is 343. The molecular formula is C11H17NO4. The lowest BCUT2D eigenvalue weighted by Gasteiger charge is -2.18. The van der Waals surface area contributed by atoms with Gasteiger partial charge < -0.3 is 25.4 Å². The number of benzene rings is 1. The van der Waals surface area contributed by atoms with Crippen molar-refractivity contribution in [2.45, 2.75) is 12.1 Å². The fourth-order valence-electron chi connectivity index (χ4n) is 1.38. The van der Waals surface area contributed by atoms with Crippen LogP contribution in [-0.4, -0.2) is 37.1 Å². The number of rotatable bonds is 5. The molecule has 0 fully saturated rings. The highest BCUT2D eigenvalue weighted by Gasteiger charge is 2.17. The molecule has 90 valence electrons. The van der Waals surface area contributed by atoms with Crippen LogP contribution in [0.1, 0.15) is 11.7 Å². The monoisotopic (exact) mass is 227 g/mol. The smallest absolute Gasteiger partial charge is 0.161 e. The highest BCUT2D eigenvalue weighted by Crippen LogP contribution is 2.30. The molecule has 5 heteroatoms. The van der Waals surface area contributed by atoms with Crippen molar-refractivity contribution < 1.29 is 19.7 Å². The summed E-state index contributed by atoms with van der Waals surface area (Å²) in [6.07, 6.45) is -0.926. The Morgan fingerprint density at radius 2 is 1.88 bits per heavy atom. The summed E-state index contributed by atoms with van der Waals surface area (Å²) in [4.78, 5) is 0. The predicted molar refractivity (Wildman–Crippen MR) is 59.6 cm³/mol. The second kappa shape index (κ2) is 5.69. The van der Waals surface area contributed by atoms with E-state index in [2.05, 4.69) is 0 Å². The lowest BCUT2D eigenvalue weighted by Crippen LogP contribution is -2.31. The van der Waals surface area contributed by atoms with E-state index >= 15 is 0 Å². The third-order valence-electron chi connectivity index (χ3n) is 2.37. The van der Waals surface area contributed by atoms with Gasteiger partial charge in [-0.25, -0.2) is 0 Å². The first-order chi connectivity index (χ1) is 7.63. The van der Waals surface area contributed by atoms with Crippen LogP contribution in [0.5, 0.6) is 11.5 Å². The molecule has 0 saturated heterocycles. The van der Waals surface area contributed by atoms with Gasteiger partial charge in [0.15, 0.2) is 11.5 Å².